The molecule has 7 heteroatoms. The second-order valence-corrected chi connectivity index (χ2v) is 6.32. The van der Waals surface area contributed by atoms with E-state index >= 15 is 0 Å². The average Bonchev–Trinajstić information content (AvgIpc) is 2.60. The zero-order valence-corrected chi connectivity index (χ0v) is 15.6. The molecule has 2 N–H and O–H groups in total. The maximum atomic E-state index is 12.5. The number of thiocarbonyl (C=S) groups is 1. The number of alkyl halides is 2. The highest BCUT2D eigenvalue weighted by molar-refractivity contribution is 7.80. The van der Waals surface area contributed by atoms with E-state index in [1.807, 2.05) is 24.3 Å². The fourth-order valence-corrected chi connectivity index (χ4v) is 2.43. The van der Waals surface area contributed by atoms with Crippen molar-refractivity contribution in [3.8, 4) is 5.75 Å². The van der Waals surface area contributed by atoms with Crippen LogP contribution in [-0.4, -0.2) is 17.4 Å². The first-order valence-corrected chi connectivity index (χ1v) is 8.53. The van der Waals surface area contributed by atoms with E-state index in [0.29, 0.717) is 22.3 Å². The predicted molar refractivity (Wildman–Crippen MR) is 105 cm³/mol. The zero-order chi connectivity index (χ0) is 19.1. The number of para-hydroxylation sites is 1. The number of benzene rings is 2. The van der Waals surface area contributed by atoms with E-state index in [1.54, 1.807) is 25.1 Å². The second kappa shape index (κ2) is 9.24. The van der Waals surface area contributed by atoms with Crippen molar-refractivity contribution in [1.82, 2.24) is 5.43 Å². The van der Waals surface area contributed by atoms with Gasteiger partial charge < -0.3 is 10.1 Å². The molecular weight excluding hydrogens is 356 g/mol. The summed E-state index contributed by atoms with van der Waals surface area (Å²) in [6, 6.07) is 14.4. The molecule has 0 aliphatic carbocycles. The lowest BCUT2D eigenvalue weighted by atomic mass is 10.0. The largest absolute Gasteiger partial charge is 0.434 e. The summed E-state index contributed by atoms with van der Waals surface area (Å²) in [5.74, 6) is 0.519. The van der Waals surface area contributed by atoms with Gasteiger partial charge in [-0.3, -0.25) is 5.43 Å². The Labute approximate surface area is 157 Å². The van der Waals surface area contributed by atoms with Crippen molar-refractivity contribution in [2.45, 2.75) is 33.3 Å². The van der Waals surface area contributed by atoms with Crippen molar-refractivity contribution in [2.24, 2.45) is 5.10 Å². The minimum Gasteiger partial charge on any atom is -0.434 e. The van der Waals surface area contributed by atoms with Gasteiger partial charge in [0.05, 0.1) is 5.71 Å². The lowest BCUT2D eigenvalue weighted by Crippen LogP contribution is -2.25. The molecule has 0 aromatic heterocycles. The molecule has 0 spiro atoms. The first-order chi connectivity index (χ1) is 12.4. The first kappa shape index (κ1) is 19.8. The fourth-order valence-electron chi connectivity index (χ4n) is 2.27. The fraction of sp³-hybridized carbons (Fsp3) is 0.263. The third-order valence-electron chi connectivity index (χ3n) is 3.65. The molecular formula is C19H21F2N3OS. The molecule has 0 heterocycles. The van der Waals surface area contributed by atoms with Crippen LogP contribution in [0, 0.1) is 0 Å². The maximum Gasteiger partial charge on any atom is 0.387 e. The number of nitrogens with one attached hydrogen (secondary N) is 2. The Hall–Kier alpha value is -2.54. The third-order valence-corrected chi connectivity index (χ3v) is 3.85. The highest BCUT2D eigenvalue weighted by Gasteiger charge is 2.11. The van der Waals surface area contributed by atoms with E-state index in [4.69, 9.17) is 12.2 Å². The van der Waals surface area contributed by atoms with Crippen LogP contribution in [0.4, 0.5) is 14.5 Å². The lowest BCUT2D eigenvalue weighted by Gasteiger charge is -2.12. The van der Waals surface area contributed by atoms with Crippen molar-refractivity contribution in [2.75, 3.05) is 5.32 Å². The summed E-state index contributed by atoms with van der Waals surface area (Å²) in [6.07, 6.45) is 0. The molecule has 0 fully saturated rings. The van der Waals surface area contributed by atoms with Gasteiger partial charge >= 0.3 is 6.61 Å². The Kier molecular flexibility index (Phi) is 7.03. The Morgan fingerprint density at radius 1 is 1.08 bits per heavy atom. The highest BCUT2D eigenvalue weighted by atomic mass is 32.1. The van der Waals surface area contributed by atoms with Crippen LogP contribution in [0.25, 0.3) is 0 Å². The number of halogens is 2. The number of hydrazone groups is 1. The normalized spacial score (nSPS) is 11.6. The average molecular weight is 377 g/mol. The zero-order valence-electron chi connectivity index (χ0n) is 14.8. The number of nitrogens with zero attached hydrogens (tertiary/aromatic N) is 1. The van der Waals surface area contributed by atoms with Crippen LogP contribution in [0.1, 0.15) is 37.8 Å². The van der Waals surface area contributed by atoms with Crippen molar-refractivity contribution < 1.29 is 13.5 Å². The van der Waals surface area contributed by atoms with Gasteiger partial charge in [-0.1, -0.05) is 38.1 Å². The molecule has 0 aliphatic rings. The molecule has 0 aliphatic heterocycles. The van der Waals surface area contributed by atoms with Gasteiger partial charge in [0.15, 0.2) is 5.11 Å². The molecule has 0 unspecified atom stereocenters. The van der Waals surface area contributed by atoms with E-state index in [0.717, 1.165) is 5.69 Å². The number of hydrogen-bond acceptors (Lipinski definition) is 3. The molecule has 0 radical (unpaired) electrons. The Morgan fingerprint density at radius 3 is 2.35 bits per heavy atom. The summed E-state index contributed by atoms with van der Waals surface area (Å²) in [7, 11) is 0. The predicted octanol–water partition coefficient (Wildman–Crippen LogP) is 5.12. The summed E-state index contributed by atoms with van der Waals surface area (Å²) >= 11 is 5.21. The minimum atomic E-state index is -2.89. The van der Waals surface area contributed by atoms with E-state index in [1.165, 1.54) is 11.6 Å². The number of rotatable bonds is 6. The van der Waals surface area contributed by atoms with E-state index in [2.05, 4.69) is 34.4 Å². The van der Waals surface area contributed by atoms with Gasteiger partial charge in [-0.25, -0.2) is 0 Å². The van der Waals surface area contributed by atoms with Crippen LogP contribution < -0.4 is 15.5 Å². The van der Waals surface area contributed by atoms with Crippen molar-refractivity contribution in [3.63, 3.8) is 0 Å². The van der Waals surface area contributed by atoms with Crippen molar-refractivity contribution >= 4 is 28.7 Å². The molecule has 2 aromatic rings. The molecule has 26 heavy (non-hydrogen) atoms. The van der Waals surface area contributed by atoms with Gasteiger partial charge in [0.1, 0.15) is 5.75 Å². The molecule has 0 saturated carbocycles. The Bertz CT molecular complexity index is 777. The molecule has 2 rings (SSSR count). The molecule has 0 atom stereocenters. The van der Waals surface area contributed by atoms with Gasteiger partial charge in [0.2, 0.25) is 0 Å². The third kappa shape index (κ3) is 5.77. The number of ether oxygens (including phenoxy) is 1. The smallest absolute Gasteiger partial charge is 0.387 e. The summed E-state index contributed by atoms with van der Waals surface area (Å²) < 4.78 is 29.5. The monoisotopic (exact) mass is 377 g/mol. The van der Waals surface area contributed by atoms with Gasteiger partial charge in [-0.05, 0) is 54.9 Å². The molecule has 0 bridgehead atoms. The van der Waals surface area contributed by atoms with Crippen molar-refractivity contribution in [3.05, 3.63) is 59.7 Å². The number of anilines is 1. The summed E-state index contributed by atoms with van der Waals surface area (Å²) in [5.41, 5.74) is 5.72. The van der Waals surface area contributed by atoms with Gasteiger partial charge in [0, 0.05) is 11.3 Å². The van der Waals surface area contributed by atoms with Crippen LogP contribution in [0.3, 0.4) is 0 Å². The van der Waals surface area contributed by atoms with Gasteiger partial charge in [0.25, 0.3) is 0 Å². The Balaban J connectivity index is 2.01. The summed E-state index contributed by atoms with van der Waals surface area (Å²) in [6.45, 7) is 3.04. The Morgan fingerprint density at radius 2 is 1.73 bits per heavy atom. The minimum absolute atomic E-state index is 0.0636. The highest BCUT2D eigenvalue weighted by Crippen LogP contribution is 2.21. The van der Waals surface area contributed by atoms with Gasteiger partial charge in [-0.2, -0.15) is 13.9 Å². The van der Waals surface area contributed by atoms with E-state index in [-0.39, 0.29) is 5.75 Å². The maximum absolute atomic E-state index is 12.5. The van der Waals surface area contributed by atoms with Crippen LogP contribution in [0.15, 0.2) is 53.6 Å². The van der Waals surface area contributed by atoms with E-state index < -0.39 is 6.61 Å². The first-order valence-electron chi connectivity index (χ1n) is 8.12. The summed E-state index contributed by atoms with van der Waals surface area (Å²) in [5, 5.41) is 7.47. The standard InChI is InChI=1S/C19H21F2N3OS/c1-12(2)14-8-10-15(11-9-14)22-19(26)24-23-13(3)16-6-4-5-7-17(16)25-18(20)21/h4-12,18H,1-3H3,(H2,22,24,26)/b23-13+. The molecule has 138 valence electrons. The van der Waals surface area contributed by atoms with Crippen LogP contribution in [0.2, 0.25) is 0 Å². The quantitative estimate of drug-likeness (QED) is 0.417. The SMILES string of the molecule is C/C(=N\NC(=S)Nc1ccc(C(C)C)cc1)c1ccccc1OC(F)F. The van der Waals surface area contributed by atoms with Crippen LogP contribution in [-0.2, 0) is 0 Å². The molecule has 0 amide bonds. The second-order valence-electron chi connectivity index (χ2n) is 5.91. The van der Waals surface area contributed by atoms with E-state index in [9.17, 15) is 8.78 Å². The van der Waals surface area contributed by atoms with Crippen LogP contribution >= 0.6 is 12.2 Å². The molecule has 0 saturated heterocycles. The van der Waals surface area contributed by atoms with Crippen molar-refractivity contribution in [1.29, 1.82) is 0 Å². The topological polar surface area (TPSA) is 45.7 Å². The molecule has 2 aromatic carbocycles. The summed E-state index contributed by atoms with van der Waals surface area (Å²) in [4.78, 5) is 0. The lowest BCUT2D eigenvalue weighted by molar-refractivity contribution is -0.0499. The number of hydrogen-bond donors (Lipinski definition) is 2. The van der Waals surface area contributed by atoms with Gasteiger partial charge in [-0.15, -0.1) is 0 Å². The molecule has 4 nitrogen and oxygen atoms in total. The van der Waals surface area contributed by atoms with Crippen LogP contribution in [0.5, 0.6) is 5.75 Å².